The van der Waals surface area contributed by atoms with Gasteiger partial charge in [0.2, 0.25) is 5.91 Å². The van der Waals surface area contributed by atoms with Gasteiger partial charge in [-0.05, 0) is 18.8 Å². The molecular weight excluding hydrogens is 269 g/mol. The number of piperidine rings is 1. The van der Waals surface area contributed by atoms with Crippen molar-refractivity contribution in [3.63, 3.8) is 0 Å². The van der Waals surface area contributed by atoms with Gasteiger partial charge >= 0.3 is 0 Å². The van der Waals surface area contributed by atoms with Crippen LogP contribution in [-0.2, 0) is 7.86 Å². The lowest BCUT2D eigenvalue weighted by Gasteiger charge is -2.30. The van der Waals surface area contributed by atoms with E-state index in [1.165, 1.54) is 0 Å². The van der Waals surface area contributed by atoms with Crippen LogP contribution in [0.25, 0.3) is 0 Å². The summed E-state index contributed by atoms with van der Waals surface area (Å²) in [7, 11) is 0. The van der Waals surface area contributed by atoms with Crippen LogP contribution < -0.4 is 0 Å². The van der Waals surface area contributed by atoms with E-state index in [9.17, 15) is 4.79 Å². The van der Waals surface area contributed by atoms with Crippen molar-refractivity contribution in [2.24, 2.45) is 5.92 Å². The molecule has 1 rings (SSSR count). The molecular formula is C8H14INO2. The second-order valence-corrected chi connectivity index (χ2v) is 3.85. The summed E-state index contributed by atoms with van der Waals surface area (Å²) in [6.45, 7) is 4.27. The molecule has 0 spiro atoms. The van der Waals surface area contributed by atoms with Crippen molar-refractivity contribution >= 4 is 28.9 Å². The summed E-state index contributed by atoms with van der Waals surface area (Å²) in [5.74, 6) is 0.848. The fourth-order valence-electron chi connectivity index (χ4n) is 1.50. The molecule has 1 heterocycles. The van der Waals surface area contributed by atoms with Crippen LogP contribution in [0, 0.1) is 5.92 Å². The third-order valence-corrected chi connectivity index (χ3v) is 2.72. The van der Waals surface area contributed by atoms with Crippen LogP contribution in [0.3, 0.4) is 0 Å². The maximum atomic E-state index is 11.0. The zero-order chi connectivity index (χ0) is 8.97. The molecule has 0 bridgehead atoms. The number of halogens is 1. The first-order valence-electron chi connectivity index (χ1n) is 4.23. The monoisotopic (exact) mass is 283 g/mol. The van der Waals surface area contributed by atoms with Crippen molar-refractivity contribution in [1.82, 2.24) is 4.90 Å². The predicted octanol–water partition coefficient (Wildman–Crippen LogP) is 1.61. The summed E-state index contributed by atoms with van der Waals surface area (Å²) in [4.78, 5) is 12.9. The Morgan fingerprint density at radius 1 is 1.58 bits per heavy atom. The van der Waals surface area contributed by atoms with Gasteiger partial charge in [0.05, 0.1) is 6.61 Å². The lowest BCUT2D eigenvalue weighted by Crippen LogP contribution is -2.37. The van der Waals surface area contributed by atoms with E-state index in [0.717, 1.165) is 32.5 Å². The number of rotatable bonds is 2. The molecule has 0 radical (unpaired) electrons. The highest BCUT2D eigenvalue weighted by Gasteiger charge is 2.20. The van der Waals surface area contributed by atoms with E-state index in [-0.39, 0.29) is 5.91 Å². The number of hydrogen-bond donors (Lipinski definition) is 0. The number of likely N-dealkylation sites (tertiary alicyclic amines) is 1. The smallest absolute Gasteiger partial charge is 0.219 e. The van der Waals surface area contributed by atoms with Gasteiger partial charge in [-0.2, -0.15) is 0 Å². The summed E-state index contributed by atoms with van der Waals surface area (Å²) in [6, 6.07) is 0. The fraction of sp³-hybridized carbons (Fsp3) is 0.875. The minimum absolute atomic E-state index is 0.198. The first kappa shape index (κ1) is 10.2. The first-order valence-corrected chi connectivity index (χ1v) is 5.11. The Kier molecular flexibility index (Phi) is 4.28. The van der Waals surface area contributed by atoms with Gasteiger partial charge in [-0.25, -0.2) is 0 Å². The molecule has 0 aromatic carbocycles. The van der Waals surface area contributed by atoms with Crippen molar-refractivity contribution in [3.05, 3.63) is 0 Å². The van der Waals surface area contributed by atoms with E-state index in [1.54, 1.807) is 6.92 Å². The van der Waals surface area contributed by atoms with E-state index in [0.29, 0.717) is 5.92 Å². The van der Waals surface area contributed by atoms with Crippen LogP contribution in [0.1, 0.15) is 19.8 Å². The molecule has 1 aliphatic rings. The van der Waals surface area contributed by atoms with Crippen molar-refractivity contribution in [1.29, 1.82) is 0 Å². The lowest BCUT2D eigenvalue weighted by molar-refractivity contribution is -0.130. The quantitative estimate of drug-likeness (QED) is 0.721. The summed E-state index contributed by atoms with van der Waals surface area (Å²) in [5.41, 5.74) is 0. The molecule has 0 unspecified atom stereocenters. The third kappa shape index (κ3) is 2.90. The van der Waals surface area contributed by atoms with E-state index >= 15 is 0 Å². The van der Waals surface area contributed by atoms with Crippen LogP contribution in [-0.4, -0.2) is 30.5 Å². The van der Waals surface area contributed by atoms with E-state index < -0.39 is 0 Å². The fourth-order valence-corrected chi connectivity index (χ4v) is 2.01. The SMILES string of the molecule is CC(=O)N1CCC(COI)CC1. The lowest BCUT2D eigenvalue weighted by atomic mass is 9.98. The van der Waals surface area contributed by atoms with Crippen LogP contribution in [0.2, 0.25) is 0 Å². The minimum atomic E-state index is 0.198. The molecule has 0 saturated carbocycles. The Morgan fingerprint density at radius 3 is 2.58 bits per heavy atom. The second-order valence-electron chi connectivity index (χ2n) is 3.23. The summed E-state index contributed by atoms with van der Waals surface area (Å²) < 4.78 is 5.04. The van der Waals surface area contributed by atoms with Gasteiger partial charge in [0.25, 0.3) is 0 Å². The van der Waals surface area contributed by atoms with E-state index in [2.05, 4.69) is 0 Å². The van der Waals surface area contributed by atoms with Gasteiger partial charge in [0.15, 0.2) is 0 Å². The normalized spacial score (nSPS) is 19.7. The van der Waals surface area contributed by atoms with Gasteiger partial charge in [-0.3, -0.25) is 4.79 Å². The van der Waals surface area contributed by atoms with Crippen LogP contribution in [0.4, 0.5) is 0 Å². The van der Waals surface area contributed by atoms with Crippen molar-refractivity contribution in [2.75, 3.05) is 19.7 Å². The molecule has 3 nitrogen and oxygen atoms in total. The maximum Gasteiger partial charge on any atom is 0.219 e. The van der Waals surface area contributed by atoms with Gasteiger partial charge in [0.1, 0.15) is 23.0 Å². The summed E-state index contributed by atoms with van der Waals surface area (Å²) in [5, 5.41) is 0. The zero-order valence-electron chi connectivity index (χ0n) is 7.25. The number of hydrogen-bond acceptors (Lipinski definition) is 2. The molecule has 12 heavy (non-hydrogen) atoms. The van der Waals surface area contributed by atoms with E-state index in [4.69, 9.17) is 3.07 Å². The largest absolute Gasteiger partial charge is 0.343 e. The molecule has 0 aliphatic carbocycles. The van der Waals surface area contributed by atoms with Gasteiger partial charge in [0, 0.05) is 20.0 Å². The summed E-state index contributed by atoms with van der Waals surface area (Å²) in [6.07, 6.45) is 2.17. The van der Waals surface area contributed by atoms with Gasteiger partial charge in [-0.1, -0.05) is 0 Å². The Hall–Kier alpha value is 0.160. The molecule has 0 N–H and O–H groups in total. The Balaban J connectivity index is 2.25. The first-order chi connectivity index (χ1) is 5.74. The van der Waals surface area contributed by atoms with Crippen LogP contribution >= 0.6 is 23.0 Å². The molecule has 4 heteroatoms. The van der Waals surface area contributed by atoms with Crippen molar-refractivity contribution in [2.45, 2.75) is 19.8 Å². The third-order valence-electron chi connectivity index (χ3n) is 2.36. The Bertz CT molecular complexity index is 155. The average molecular weight is 283 g/mol. The molecule has 1 fully saturated rings. The van der Waals surface area contributed by atoms with Crippen LogP contribution in [0.15, 0.2) is 0 Å². The molecule has 1 saturated heterocycles. The maximum absolute atomic E-state index is 11.0. The molecule has 0 aromatic rings. The highest BCUT2D eigenvalue weighted by Crippen LogP contribution is 2.17. The molecule has 1 amide bonds. The van der Waals surface area contributed by atoms with Gasteiger partial charge in [-0.15, -0.1) is 0 Å². The zero-order valence-corrected chi connectivity index (χ0v) is 9.41. The Morgan fingerprint density at radius 2 is 2.17 bits per heavy atom. The average Bonchev–Trinajstić information content (AvgIpc) is 2.06. The number of amides is 1. The summed E-state index contributed by atoms with van der Waals surface area (Å²) >= 11 is 1.93. The van der Waals surface area contributed by atoms with Crippen molar-refractivity contribution < 1.29 is 7.86 Å². The predicted molar refractivity (Wildman–Crippen MR) is 55.0 cm³/mol. The molecule has 70 valence electrons. The van der Waals surface area contributed by atoms with E-state index in [1.807, 2.05) is 27.9 Å². The number of carbonyl (C=O) groups is 1. The Labute approximate surface area is 87.1 Å². The molecule has 0 aromatic heterocycles. The highest BCUT2D eigenvalue weighted by atomic mass is 127. The molecule has 1 aliphatic heterocycles. The second kappa shape index (κ2) is 5.01. The highest BCUT2D eigenvalue weighted by molar-refractivity contribution is 14.1. The number of nitrogens with zero attached hydrogens (tertiary/aromatic N) is 1. The van der Waals surface area contributed by atoms with Crippen LogP contribution in [0.5, 0.6) is 0 Å². The molecule has 0 atom stereocenters. The number of carbonyl (C=O) groups excluding carboxylic acids is 1. The van der Waals surface area contributed by atoms with Gasteiger partial charge < -0.3 is 7.97 Å². The topological polar surface area (TPSA) is 29.5 Å². The standard InChI is InChI=1S/C8H14INO2/c1-7(11)10-4-2-8(3-5-10)6-12-9/h8H,2-6H2,1H3. The minimum Gasteiger partial charge on any atom is -0.343 e. The van der Waals surface area contributed by atoms with Crippen molar-refractivity contribution in [3.8, 4) is 0 Å².